The first-order valence-corrected chi connectivity index (χ1v) is 9.24. The van der Waals surface area contributed by atoms with Crippen LogP contribution >= 0.6 is 0 Å². The van der Waals surface area contributed by atoms with Gasteiger partial charge in [0, 0.05) is 32.7 Å². The van der Waals surface area contributed by atoms with Gasteiger partial charge in [0.25, 0.3) is 0 Å². The van der Waals surface area contributed by atoms with Crippen LogP contribution in [0.15, 0.2) is 12.7 Å². The van der Waals surface area contributed by atoms with Crippen LogP contribution in [0.25, 0.3) is 0 Å². The fourth-order valence-electron chi connectivity index (χ4n) is 3.69. The van der Waals surface area contributed by atoms with Crippen LogP contribution in [-0.2, 0) is 9.59 Å². The smallest absolute Gasteiger partial charge is 0.239 e. The zero-order chi connectivity index (χ0) is 17.4. The summed E-state index contributed by atoms with van der Waals surface area (Å²) in [5, 5.41) is 2.78. The number of carbonyl (C=O) groups is 2. The zero-order valence-electron chi connectivity index (χ0n) is 14.7. The molecule has 0 aromatic carbocycles. The molecule has 1 unspecified atom stereocenters. The average molecular weight is 336 g/mol. The molecular weight excluding hydrogens is 304 g/mol. The lowest BCUT2D eigenvalue weighted by Crippen LogP contribution is -2.54. The van der Waals surface area contributed by atoms with Crippen LogP contribution in [0.4, 0.5) is 0 Å². The van der Waals surface area contributed by atoms with Gasteiger partial charge in [-0.2, -0.15) is 0 Å². The van der Waals surface area contributed by atoms with Gasteiger partial charge in [-0.1, -0.05) is 38.2 Å². The van der Waals surface area contributed by atoms with Gasteiger partial charge in [0.1, 0.15) is 0 Å². The van der Waals surface area contributed by atoms with Gasteiger partial charge in [0.15, 0.2) is 0 Å². The molecule has 1 aliphatic carbocycles. The molecule has 0 radical (unpaired) electrons. The third-order valence-corrected chi connectivity index (χ3v) is 5.12. The third-order valence-electron chi connectivity index (χ3n) is 5.12. The third kappa shape index (κ3) is 5.91. The van der Waals surface area contributed by atoms with Crippen LogP contribution in [0.5, 0.6) is 0 Å². The Bertz CT molecular complexity index is 427. The summed E-state index contributed by atoms with van der Waals surface area (Å²) in [6.45, 7) is 7.22. The molecule has 24 heavy (non-hydrogen) atoms. The molecule has 1 atom stereocenters. The second-order valence-corrected chi connectivity index (χ2v) is 7.04. The fourth-order valence-corrected chi connectivity index (χ4v) is 3.69. The summed E-state index contributed by atoms with van der Waals surface area (Å²) in [7, 11) is 0. The van der Waals surface area contributed by atoms with E-state index in [1.54, 1.807) is 6.08 Å². The van der Waals surface area contributed by atoms with Crippen molar-refractivity contribution in [1.82, 2.24) is 15.1 Å². The average Bonchev–Trinajstić information content (AvgIpc) is 2.61. The lowest BCUT2D eigenvalue weighted by Gasteiger charge is -2.36. The molecule has 0 bridgehead atoms. The first-order valence-electron chi connectivity index (χ1n) is 9.24. The van der Waals surface area contributed by atoms with Crippen LogP contribution in [0.1, 0.15) is 38.5 Å². The Balaban J connectivity index is 1.69. The summed E-state index contributed by atoms with van der Waals surface area (Å²) in [4.78, 5) is 28.2. The Kier molecular flexibility index (Phi) is 7.72. The number of hydrogen-bond acceptors (Lipinski definition) is 4. The van der Waals surface area contributed by atoms with E-state index < -0.39 is 0 Å². The van der Waals surface area contributed by atoms with Crippen molar-refractivity contribution >= 4 is 11.8 Å². The molecule has 0 spiro atoms. The van der Waals surface area contributed by atoms with E-state index in [9.17, 15) is 9.59 Å². The minimum absolute atomic E-state index is 0.00340. The monoisotopic (exact) mass is 336 g/mol. The molecule has 2 rings (SSSR count). The Morgan fingerprint density at radius 2 is 1.83 bits per heavy atom. The zero-order valence-corrected chi connectivity index (χ0v) is 14.7. The van der Waals surface area contributed by atoms with Crippen molar-refractivity contribution in [3.63, 3.8) is 0 Å². The van der Waals surface area contributed by atoms with Crippen molar-refractivity contribution in [3.05, 3.63) is 12.7 Å². The van der Waals surface area contributed by atoms with Gasteiger partial charge < -0.3 is 16.0 Å². The Morgan fingerprint density at radius 3 is 2.46 bits per heavy atom. The van der Waals surface area contributed by atoms with Gasteiger partial charge >= 0.3 is 0 Å². The van der Waals surface area contributed by atoms with E-state index >= 15 is 0 Å². The summed E-state index contributed by atoms with van der Waals surface area (Å²) in [6.07, 6.45) is 8.80. The van der Waals surface area contributed by atoms with Gasteiger partial charge in [-0.15, -0.1) is 6.58 Å². The molecule has 1 heterocycles. The van der Waals surface area contributed by atoms with Crippen LogP contribution in [0, 0.1) is 5.92 Å². The van der Waals surface area contributed by atoms with Gasteiger partial charge in [0.2, 0.25) is 11.8 Å². The van der Waals surface area contributed by atoms with Crippen molar-refractivity contribution in [2.45, 2.75) is 44.6 Å². The Morgan fingerprint density at radius 1 is 1.17 bits per heavy atom. The number of hydrogen-bond donors (Lipinski definition) is 2. The highest BCUT2D eigenvalue weighted by atomic mass is 16.2. The SMILES string of the molecule is C=CCNC(=O)CN1CCN(C(=O)C(N)CC2CCCCC2)CC1. The lowest BCUT2D eigenvalue weighted by atomic mass is 9.84. The molecule has 2 amide bonds. The highest BCUT2D eigenvalue weighted by molar-refractivity contribution is 5.82. The van der Waals surface area contributed by atoms with Crippen LogP contribution in [-0.4, -0.2) is 66.9 Å². The second kappa shape index (κ2) is 9.79. The second-order valence-electron chi connectivity index (χ2n) is 7.04. The number of rotatable bonds is 7. The van der Waals surface area contributed by atoms with Crippen molar-refractivity contribution in [2.24, 2.45) is 11.7 Å². The molecule has 3 N–H and O–H groups in total. The van der Waals surface area contributed by atoms with Gasteiger partial charge in [-0.3, -0.25) is 14.5 Å². The minimum atomic E-state index is -0.365. The highest BCUT2D eigenvalue weighted by Crippen LogP contribution is 2.27. The number of piperazine rings is 1. The van der Waals surface area contributed by atoms with E-state index in [1.165, 1.54) is 32.1 Å². The molecule has 0 aromatic rings. The number of amides is 2. The van der Waals surface area contributed by atoms with Crippen LogP contribution < -0.4 is 11.1 Å². The minimum Gasteiger partial charge on any atom is -0.352 e. The standard InChI is InChI=1S/C18H32N4O2/c1-2-8-20-17(23)14-21-9-11-22(12-10-21)18(24)16(19)13-15-6-4-3-5-7-15/h2,15-16H,1,3-14,19H2,(H,20,23). The van der Waals surface area contributed by atoms with E-state index in [0.29, 0.717) is 32.1 Å². The molecular formula is C18H32N4O2. The van der Waals surface area contributed by atoms with E-state index in [-0.39, 0.29) is 17.9 Å². The fraction of sp³-hybridized carbons (Fsp3) is 0.778. The normalized spacial score (nSPS) is 21.3. The topological polar surface area (TPSA) is 78.7 Å². The summed E-state index contributed by atoms with van der Waals surface area (Å²) >= 11 is 0. The van der Waals surface area contributed by atoms with Crippen molar-refractivity contribution < 1.29 is 9.59 Å². The summed E-state index contributed by atoms with van der Waals surface area (Å²) in [6, 6.07) is -0.365. The molecule has 136 valence electrons. The van der Waals surface area contributed by atoms with Crippen molar-refractivity contribution in [3.8, 4) is 0 Å². The van der Waals surface area contributed by atoms with Crippen molar-refractivity contribution in [2.75, 3.05) is 39.3 Å². The van der Waals surface area contributed by atoms with Crippen molar-refractivity contribution in [1.29, 1.82) is 0 Å². The summed E-state index contributed by atoms with van der Waals surface area (Å²) in [5.74, 6) is 0.701. The summed E-state index contributed by atoms with van der Waals surface area (Å²) in [5.41, 5.74) is 6.17. The number of carbonyl (C=O) groups excluding carboxylic acids is 2. The van der Waals surface area contributed by atoms with E-state index in [4.69, 9.17) is 5.73 Å². The quantitative estimate of drug-likeness (QED) is 0.672. The first-order chi connectivity index (χ1) is 11.6. The molecule has 2 aliphatic rings. The number of nitrogens with zero attached hydrogens (tertiary/aromatic N) is 2. The maximum absolute atomic E-state index is 12.5. The maximum Gasteiger partial charge on any atom is 0.239 e. The van der Waals surface area contributed by atoms with E-state index in [2.05, 4.69) is 16.8 Å². The summed E-state index contributed by atoms with van der Waals surface area (Å²) < 4.78 is 0. The molecule has 2 fully saturated rings. The maximum atomic E-state index is 12.5. The van der Waals surface area contributed by atoms with Gasteiger partial charge in [-0.05, 0) is 12.3 Å². The first kappa shape index (κ1) is 18.9. The predicted molar refractivity (Wildman–Crippen MR) is 95.4 cm³/mol. The molecule has 6 nitrogen and oxygen atoms in total. The molecule has 1 aliphatic heterocycles. The molecule has 1 saturated carbocycles. The number of nitrogens with two attached hydrogens (primary N) is 1. The van der Waals surface area contributed by atoms with Crippen LogP contribution in [0.2, 0.25) is 0 Å². The van der Waals surface area contributed by atoms with Gasteiger partial charge in [0.05, 0.1) is 12.6 Å². The molecule has 6 heteroatoms. The van der Waals surface area contributed by atoms with E-state index in [0.717, 1.165) is 19.5 Å². The van der Waals surface area contributed by atoms with Gasteiger partial charge in [-0.25, -0.2) is 0 Å². The Labute approximate surface area is 145 Å². The molecule has 1 saturated heterocycles. The van der Waals surface area contributed by atoms with Crippen LogP contribution in [0.3, 0.4) is 0 Å². The van der Waals surface area contributed by atoms with E-state index in [1.807, 2.05) is 4.90 Å². The highest BCUT2D eigenvalue weighted by Gasteiger charge is 2.28. The predicted octanol–water partition coefficient (Wildman–Crippen LogP) is 0.731. The largest absolute Gasteiger partial charge is 0.352 e. The Hall–Kier alpha value is -1.40. The molecule has 0 aromatic heterocycles. The number of nitrogens with one attached hydrogen (secondary N) is 1. The lowest BCUT2D eigenvalue weighted by molar-refractivity contribution is -0.135.